The second kappa shape index (κ2) is 13.0. The van der Waals surface area contributed by atoms with Crippen molar-refractivity contribution in [3.63, 3.8) is 0 Å². The number of aliphatic imine (C=N–C) groups is 1. The summed E-state index contributed by atoms with van der Waals surface area (Å²) in [6, 6.07) is 13.6. The predicted molar refractivity (Wildman–Crippen MR) is 133 cm³/mol. The Morgan fingerprint density at radius 1 is 1.16 bits per heavy atom. The lowest BCUT2D eigenvalue weighted by Gasteiger charge is -2.22. The summed E-state index contributed by atoms with van der Waals surface area (Å²) in [7, 11) is 1.73. The number of ether oxygens (including phenoxy) is 2. The summed E-state index contributed by atoms with van der Waals surface area (Å²) in [5, 5.41) is 6.63. The van der Waals surface area contributed by atoms with Gasteiger partial charge in [0, 0.05) is 26.8 Å². The number of nitrogens with one attached hydrogen (secondary N) is 2. The molecule has 31 heavy (non-hydrogen) atoms. The highest BCUT2D eigenvalue weighted by atomic mass is 127. The van der Waals surface area contributed by atoms with Gasteiger partial charge in [0.05, 0.1) is 18.8 Å². The van der Waals surface area contributed by atoms with Gasteiger partial charge in [-0.05, 0) is 55.0 Å². The first-order valence-electron chi connectivity index (χ1n) is 10.6. The smallest absolute Gasteiger partial charge is 0.191 e. The molecule has 1 aliphatic heterocycles. The standard InChI is InChI=1S/C24H32FN3O2.HI/c1-17-4-9-21(14-23(17)25)18(2)28-24(26-3)27-15-19-5-7-20(8-6-19)16-30-22-10-12-29-13-11-22;/h4-9,14,18,22H,10-13,15-16H2,1-3H3,(H2,26,27,28);1H. The minimum absolute atomic E-state index is 0. The SMILES string of the molecule is CN=C(NCc1ccc(COC2CCOCC2)cc1)NC(C)c1ccc(C)c(F)c1.I. The van der Waals surface area contributed by atoms with E-state index in [2.05, 4.69) is 39.9 Å². The average molecular weight is 541 g/mol. The van der Waals surface area contributed by atoms with E-state index in [1.54, 1.807) is 26.1 Å². The summed E-state index contributed by atoms with van der Waals surface area (Å²) in [6.45, 7) is 6.62. The number of halogens is 2. The van der Waals surface area contributed by atoms with Crippen molar-refractivity contribution in [2.45, 2.75) is 52.0 Å². The van der Waals surface area contributed by atoms with Gasteiger partial charge in [0.15, 0.2) is 5.96 Å². The Morgan fingerprint density at radius 2 is 1.84 bits per heavy atom. The lowest BCUT2D eigenvalue weighted by molar-refractivity contribution is -0.0390. The van der Waals surface area contributed by atoms with Crippen LogP contribution in [0.5, 0.6) is 0 Å². The van der Waals surface area contributed by atoms with E-state index < -0.39 is 0 Å². The Balaban J connectivity index is 0.00000341. The third-order valence-corrected chi connectivity index (χ3v) is 5.41. The van der Waals surface area contributed by atoms with E-state index in [4.69, 9.17) is 9.47 Å². The molecule has 2 aromatic carbocycles. The fraction of sp³-hybridized carbons (Fsp3) is 0.458. The van der Waals surface area contributed by atoms with Gasteiger partial charge in [-0.3, -0.25) is 4.99 Å². The highest BCUT2D eigenvalue weighted by Gasteiger charge is 2.14. The molecule has 5 nitrogen and oxygen atoms in total. The summed E-state index contributed by atoms with van der Waals surface area (Å²) in [4.78, 5) is 4.28. The first kappa shape index (κ1) is 25.5. The van der Waals surface area contributed by atoms with Crippen molar-refractivity contribution in [2.75, 3.05) is 20.3 Å². The molecule has 2 aromatic rings. The van der Waals surface area contributed by atoms with Crippen molar-refractivity contribution < 1.29 is 13.9 Å². The van der Waals surface area contributed by atoms with Crippen molar-refractivity contribution in [1.29, 1.82) is 0 Å². The van der Waals surface area contributed by atoms with Gasteiger partial charge in [-0.25, -0.2) is 4.39 Å². The number of nitrogens with zero attached hydrogens (tertiary/aromatic N) is 1. The normalized spacial score (nSPS) is 15.8. The van der Waals surface area contributed by atoms with Crippen LogP contribution < -0.4 is 10.6 Å². The number of aryl methyl sites for hydroxylation is 1. The van der Waals surface area contributed by atoms with Gasteiger partial charge in [-0.15, -0.1) is 24.0 Å². The highest BCUT2D eigenvalue weighted by Crippen LogP contribution is 2.16. The van der Waals surface area contributed by atoms with Crippen LogP contribution >= 0.6 is 24.0 Å². The lowest BCUT2D eigenvalue weighted by atomic mass is 10.1. The fourth-order valence-electron chi connectivity index (χ4n) is 3.36. The molecule has 0 radical (unpaired) electrons. The van der Waals surface area contributed by atoms with Crippen LogP contribution in [0.1, 0.15) is 48.1 Å². The molecule has 0 spiro atoms. The number of guanidine groups is 1. The molecule has 7 heteroatoms. The molecule has 0 amide bonds. The van der Waals surface area contributed by atoms with Crippen molar-refractivity contribution in [3.8, 4) is 0 Å². The van der Waals surface area contributed by atoms with Crippen LogP contribution in [-0.2, 0) is 22.6 Å². The minimum atomic E-state index is -0.190. The number of hydrogen-bond donors (Lipinski definition) is 2. The molecular formula is C24H33FIN3O2. The topological polar surface area (TPSA) is 54.9 Å². The van der Waals surface area contributed by atoms with Crippen LogP contribution in [0.15, 0.2) is 47.5 Å². The second-order valence-corrected chi connectivity index (χ2v) is 7.74. The largest absolute Gasteiger partial charge is 0.381 e. The zero-order valence-corrected chi connectivity index (χ0v) is 20.8. The van der Waals surface area contributed by atoms with Crippen LogP contribution in [0.4, 0.5) is 4.39 Å². The van der Waals surface area contributed by atoms with Gasteiger partial charge in [0.1, 0.15) is 5.82 Å². The second-order valence-electron chi connectivity index (χ2n) is 7.74. The zero-order valence-electron chi connectivity index (χ0n) is 18.5. The Hall–Kier alpha value is -1.71. The van der Waals surface area contributed by atoms with Crippen molar-refractivity contribution in [2.24, 2.45) is 4.99 Å². The molecule has 0 saturated carbocycles. The molecule has 170 valence electrons. The Morgan fingerprint density at radius 3 is 2.48 bits per heavy atom. The average Bonchev–Trinajstić information content (AvgIpc) is 2.78. The molecule has 0 bridgehead atoms. The van der Waals surface area contributed by atoms with E-state index in [1.807, 2.05) is 13.0 Å². The van der Waals surface area contributed by atoms with Crippen molar-refractivity contribution in [3.05, 3.63) is 70.5 Å². The maximum atomic E-state index is 13.8. The van der Waals surface area contributed by atoms with Gasteiger partial charge in [-0.1, -0.05) is 36.4 Å². The minimum Gasteiger partial charge on any atom is -0.381 e. The molecule has 1 heterocycles. The third kappa shape index (κ3) is 8.05. The quantitative estimate of drug-likeness (QED) is 0.298. The van der Waals surface area contributed by atoms with Gasteiger partial charge in [-0.2, -0.15) is 0 Å². The summed E-state index contributed by atoms with van der Waals surface area (Å²) in [5.74, 6) is 0.486. The molecule has 1 aliphatic rings. The third-order valence-electron chi connectivity index (χ3n) is 5.41. The van der Waals surface area contributed by atoms with E-state index in [9.17, 15) is 4.39 Å². The molecule has 2 N–H and O–H groups in total. The van der Waals surface area contributed by atoms with E-state index in [0.29, 0.717) is 30.8 Å². The lowest BCUT2D eigenvalue weighted by Crippen LogP contribution is -2.38. The highest BCUT2D eigenvalue weighted by molar-refractivity contribution is 14.0. The summed E-state index contributed by atoms with van der Waals surface area (Å²) in [6.07, 6.45) is 2.25. The van der Waals surface area contributed by atoms with Crippen LogP contribution in [0.25, 0.3) is 0 Å². The maximum absolute atomic E-state index is 13.8. The van der Waals surface area contributed by atoms with Gasteiger partial charge >= 0.3 is 0 Å². The monoisotopic (exact) mass is 541 g/mol. The molecular weight excluding hydrogens is 508 g/mol. The molecule has 1 unspecified atom stereocenters. The molecule has 1 saturated heterocycles. The molecule has 0 aromatic heterocycles. The molecule has 0 aliphatic carbocycles. The van der Waals surface area contributed by atoms with Gasteiger partial charge in [0.2, 0.25) is 0 Å². The predicted octanol–water partition coefficient (Wildman–Crippen LogP) is 4.87. The first-order chi connectivity index (χ1) is 14.5. The summed E-state index contributed by atoms with van der Waals surface area (Å²) in [5.41, 5.74) is 3.86. The van der Waals surface area contributed by atoms with E-state index >= 15 is 0 Å². The summed E-state index contributed by atoms with van der Waals surface area (Å²) < 4.78 is 25.2. The zero-order chi connectivity index (χ0) is 21.3. The van der Waals surface area contributed by atoms with Crippen LogP contribution in [-0.4, -0.2) is 32.3 Å². The first-order valence-corrected chi connectivity index (χ1v) is 10.6. The molecule has 3 rings (SSSR count). The van der Waals surface area contributed by atoms with Crippen LogP contribution in [0.2, 0.25) is 0 Å². The summed E-state index contributed by atoms with van der Waals surface area (Å²) >= 11 is 0. The van der Waals surface area contributed by atoms with E-state index in [1.165, 1.54) is 5.56 Å². The Labute approximate surface area is 201 Å². The number of hydrogen-bond acceptors (Lipinski definition) is 3. The fourth-order valence-corrected chi connectivity index (χ4v) is 3.36. The maximum Gasteiger partial charge on any atom is 0.191 e. The van der Waals surface area contributed by atoms with Crippen LogP contribution in [0.3, 0.4) is 0 Å². The van der Waals surface area contributed by atoms with Gasteiger partial charge in [0.25, 0.3) is 0 Å². The van der Waals surface area contributed by atoms with Crippen molar-refractivity contribution in [1.82, 2.24) is 10.6 Å². The van der Waals surface area contributed by atoms with Crippen molar-refractivity contribution >= 4 is 29.9 Å². The Bertz CT molecular complexity index is 839. The Kier molecular flexibility index (Phi) is 10.7. The van der Waals surface area contributed by atoms with E-state index in [0.717, 1.165) is 37.2 Å². The van der Waals surface area contributed by atoms with Crippen LogP contribution in [0, 0.1) is 12.7 Å². The number of benzene rings is 2. The number of rotatable bonds is 7. The molecule has 1 fully saturated rings. The van der Waals surface area contributed by atoms with E-state index in [-0.39, 0.29) is 35.8 Å². The molecule has 1 atom stereocenters. The van der Waals surface area contributed by atoms with Gasteiger partial charge < -0.3 is 20.1 Å².